The Bertz CT molecular complexity index is 912. The molecule has 0 aliphatic carbocycles. The van der Waals surface area contributed by atoms with Gasteiger partial charge in [-0.2, -0.15) is 0 Å². The lowest BCUT2D eigenvalue weighted by Crippen LogP contribution is -2.30. The van der Waals surface area contributed by atoms with Crippen molar-refractivity contribution in [3.05, 3.63) is 89.4 Å². The minimum Gasteiger partial charge on any atom is -0.516 e. The van der Waals surface area contributed by atoms with Crippen molar-refractivity contribution in [1.29, 1.82) is 0 Å². The number of dihydropyridines is 1. The van der Waals surface area contributed by atoms with Crippen molar-refractivity contribution in [3.8, 4) is 0 Å². The molecule has 0 fully saturated rings. The van der Waals surface area contributed by atoms with Crippen molar-refractivity contribution >= 4 is 11.1 Å². The third-order valence-corrected chi connectivity index (χ3v) is 4.94. The molecule has 0 saturated carbocycles. The Labute approximate surface area is 179 Å². The number of unbranched alkanes of at least 4 members (excludes halogenated alkanes) is 1. The molecule has 4 rings (SSSR count). The van der Waals surface area contributed by atoms with Crippen LogP contribution in [0.5, 0.6) is 0 Å². The monoisotopic (exact) mass is 407 g/mol. The van der Waals surface area contributed by atoms with Gasteiger partial charge >= 0.3 is 0 Å². The highest BCUT2D eigenvalue weighted by molar-refractivity contribution is 5.83. The highest BCUT2D eigenvalue weighted by Gasteiger charge is 2.28. The van der Waals surface area contributed by atoms with Gasteiger partial charge in [-0.1, -0.05) is 68.3 Å². The van der Waals surface area contributed by atoms with E-state index in [9.17, 15) is 0 Å². The summed E-state index contributed by atoms with van der Waals surface area (Å²) in [6.45, 7) is 13.3. The SMILES string of the molecule is C=CO.CCCC.Cc1ccc(C2=CNC3=CC(c4c(C)noc4C)=CNC32)cc1. The van der Waals surface area contributed by atoms with E-state index in [0.717, 1.165) is 34.5 Å². The van der Waals surface area contributed by atoms with Crippen LogP contribution in [0.1, 0.15) is 54.8 Å². The fraction of sp³-hybridized carbons (Fsp3) is 0.320. The first kappa shape index (κ1) is 23.1. The third kappa shape index (κ3) is 5.44. The highest BCUT2D eigenvalue weighted by Crippen LogP contribution is 2.33. The number of aliphatic hydroxyl groups is 1. The van der Waals surface area contributed by atoms with E-state index in [-0.39, 0.29) is 6.04 Å². The molecule has 0 amide bonds. The van der Waals surface area contributed by atoms with Gasteiger partial charge in [0.15, 0.2) is 0 Å². The lowest BCUT2D eigenvalue weighted by molar-refractivity contribution is 0.393. The smallest absolute Gasteiger partial charge is 0.141 e. The molecule has 2 aromatic rings. The number of hydrogen-bond acceptors (Lipinski definition) is 5. The summed E-state index contributed by atoms with van der Waals surface area (Å²) in [7, 11) is 0. The lowest BCUT2D eigenvalue weighted by atomic mass is 9.94. The van der Waals surface area contributed by atoms with E-state index in [1.54, 1.807) is 0 Å². The molecule has 3 N–H and O–H groups in total. The summed E-state index contributed by atoms with van der Waals surface area (Å²) >= 11 is 0. The Balaban J connectivity index is 0.000000403. The van der Waals surface area contributed by atoms with E-state index in [2.05, 4.69) is 85.9 Å². The Morgan fingerprint density at radius 3 is 2.27 bits per heavy atom. The molecule has 3 heterocycles. The van der Waals surface area contributed by atoms with Crippen LogP contribution in [0.3, 0.4) is 0 Å². The lowest BCUT2D eigenvalue weighted by Gasteiger charge is -2.22. The molecule has 0 bridgehead atoms. The molecule has 1 aromatic carbocycles. The maximum atomic E-state index is 7.33. The zero-order valence-corrected chi connectivity index (χ0v) is 18.6. The molecular weight excluding hydrogens is 374 g/mol. The number of rotatable bonds is 3. The summed E-state index contributed by atoms with van der Waals surface area (Å²) in [6.07, 6.45) is 9.69. The Morgan fingerprint density at radius 2 is 1.73 bits per heavy atom. The molecule has 0 radical (unpaired) electrons. The molecule has 5 nitrogen and oxygen atoms in total. The molecule has 160 valence electrons. The number of allylic oxidation sites excluding steroid dienone is 2. The predicted octanol–water partition coefficient (Wildman–Crippen LogP) is 5.94. The summed E-state index contributed by atoms with van der Waals surface area (Å²) in [5, 5.41) is 18.3. The first-order valence-corrected chi connectivity index (χ1v) is 10.4. The van der Waals surface area contributed by atoms with Gasteiger partial charge in [-0.3, -0.25) is 0 Å². The van der Waals surface area contributed by atoms with Crippen LogP contribution in [0.2, 0.25) is 0 Å². The third-order valence-electron chi connectivity index (χ3n) is 4.94. The largest absolute Gasteiger partial charge is 0.516 e. The second-order valence-electron chi connectivity index (χ2n) is 7.29. The number of nitrogens with one attached hydrogen (secondary N) is 2. The van der Waals surface area contributed by atoms with Gasteiger partial charge in [0, 0.05) is 34.8 Å². The first-order chi connectivity index (χ1) is 14.5. The summed E-state index contributed by atoms with van der Waals surface area (Å²) < 4.78 is 5.28. The quantitative estimate of drug-likeness (QED) is 0.550. The number of aromatic nitrogens is 1. The van der Waals surface area contributed by atoms with Gasteiger partial charge in [0.1, 0.15) is 5.76 Å². The summed E-state index contributed by atoms with van der Waals surface area (Å²) in [4.78, 5) is 0. The van der Waals surface area contributed by atoms with E-state index in [4.69, 9.17) is 9.63 Å². The first-order valence-electron chi connectivity index (χ1n) is 10.4. The molecule has 2 aliphatic rings. The Hall–Kier alpha value is -3.21. The van der Waals surface area contributed by atoms with E-state index >= 15 is 0 Å². The van der Waals surface area contributed by atoms with Crippen molar-refractivity contribution in [2.45, 2.75) is 53.5 Å². The van der Waals surface area contributed by atoms with Gasteiger partial charge in [-0.25, -0.2) is 0 Å². The van der Waals surface area contributed by atoms with Crippen molar-refractivity contribution < 1.29 is 9.63 Å². The number of aryl methyl sites for hydroxylation is 3. The molecule has 1 unspecified atom stereocenters. The van der Waals surface area contributed by atoms with Crippen LogP contribution in [-0.2, 0) is 0 Å². The minimum absolute atomic E-state index is 0.168. The molecule has 30 heavy (non-hydrogen) atoms. The standard InChI is InChI=1S/C19H19N3O.C4H10.C2H4O/c1-11-4-6-14(7-5-11)16-10-20-17-8-15(9-21-19(16)17)18-12(2)22-23-13(18)3;1-3-4-2;1-2-3/h4-10,19-21H,1-3H3;3-4H2,1-2H3;2-3H,1H2. The highest BCUT2D eigenvalue weighted by atomic mass is 16.5. The van der Waals surface area contributed by atoms with E-state index < -0.39 is 0 Å². The van der Waals surface area contributed by atoms with Crippen LogP contribution in [0.15, 0.2) is 65.8 Å². The number of hydrogen-bond donors (Lipinski definition) is 3. The molecule has 5 heteroatoms. The van der Waals surface area contributed by atoms with Crippen molar-refractivity contribution in [2.24, 2.45) is 0 Å². The van der Waals surface area contributed by atoms with E-state index in [1.165, 1.54) is 29.5 Å². The summed E-state index contributed by atoms with van der Waals surface area (Å²) in [5.74, 6) is 0.843. The summed E-state index contributed by atoms with van der Waals surface area (Å²) in [5.41, 5.74) is 7.98. The minimum atomic E-state index is 0.168. The second kappa shape index (κ2) is 11.1. The van der Waals surface area contributed by atoms with Crippen molar-refractivity contribution in [2.75, 3.05) is 0 Å². The molecule has 0 spiro atoms. The normalized spacial score (nSPS) is 16.2. The Kier molecular flexibility index (Phi) is 8.54. The zero-order chi connectivity index (χ0) is 22.1. The van der Waals surface area contributed by atoms with E-state index in [0.29, 0.717) is 0 Å². The maximum absolute atomic E-state index is 7.33. The number of aliphatic hydroxyl groups excluding tert-OH is 1. The molecule has 2 aliphatic heterocycles. The van der Waals surface area contributed by atoms with Gasteiger partial charge in [-0.05, 0) is 32.4 Å². The number of benzene rings is 1. The fourth-order valence-corrected chi connectivity index (χ4v) is 3.22. The average molecular weight is 408 g/mol. The molecule has 1 aromatic heterocycles. The van der Waals surface area contributed by atoms with Gasteiger partial charge in [0.2, 0.25) is 0 Å². The zero-order valence-electron chi connectivity index (χ0n) is 18.6. The number of fused-ring (bicyclic) bond motifs is 1. The molecule has 1 atom stereocenters. The topological polar surface area (TPSA) is 70.3 Å². The van der Waals surface area contributed by atoms with Crippen molar-refractivity contribution in [1.82, 2.24) is 15.8 Å². The van der Waals surface area contributed by atoms with E-state index in [1.807, 2.05) is 13.8 Å². The Morgan fingerprint density at radius 1 is 1.10 bits per heavy atom. The van der Waals surface area contributed by atoms with Crippen LogP contribution >= 0.6 is 0 Å². The maximum Gasteiger partial charge on any atom is 0.141 e. The molecular formula is C25H33N3O2. The van der Waals surface area contributed by atoms with Gasteiger partial charge < -0.3 is 20.3 Å². The van der Waals surface area contributed by atoms with Gasteiger partial charge in [0.05, 0.1) is 18.0 Å². The predicted molar refractivity (Wildman–Crippen MR) is 125 cm³/mol. The van der Waals surface area contributed by atoms with Gasteiger partial charge in [-0.15, -0.1) is 0 Å². The van der Waals surface area contributed by atoms with Crippen LogP contribution in [0.4, 0.5) is 0 Å². The van der Waals surface area contributed by atoms with Crippen LogP contribution in [0.25, 0.3) is 11.1 Å². The van der Waals surface area contributed by atoms with Gasteiger partial charge in [0.25, 0.3) is 0 Å². The molecule has 0 saturated heterocycles. The average Bonchev–Trinajstić information content (AvgIpc) is 3.31. The van der Waals surface area contributed by atoms with Crippen LogP contribution < -0.4 is 10.6 Å². The van der Waals surface area contributed by atoms with Crippen LogP contribution in [0, 0.1) is 20.8 Å². The fourth-order valence-electron chi connectivity index (χ4n) is 3.22. The van der Waals surface area contributed by atoms with Crippen LogP contribution in [-0.4, -0.2) is 16.3 Å². The summed E-state index contributed by atoms with van der Waals surface area (Å²) in [6, 6.07) is 8.79. The van der Waals surface area contributed by atoms with Crippen molar-refractivity contribution in [3.63, 3.8) is 0 Å². The second-order valence-corrected chi connectivity index (χ2v) is 7.29. The number of nitrogens with zero attached hydrogens (tertiary/aromatic N) is 1.